The highest BCUT2D eigenvalue weighted by molar-refractivity contribution is 5.25. The molecule has 3 nitrogen and oxygen atoms in total. The Balaban J connectivity index is 2.81. The molecular formula is C11H16FNO2. The molecule has 0 saturated heterocycles. The topological polar surface area (TPSA) is 52.5 Å². The quantitative estimate of drug-likeness (QED) is 0.691. The average Bonchev–Trinajstić information content (AvgIpc) is 2.21. The Hall–Kier alpha value is -0.970. The summed E-state index contributed by atoms with van der Waals surface area (Å²) in [6, 6.07) is 4.45. The second kappa shape index (κ2) is 5.21. The molecule has 0 heterocycles. The number of aliphatic hydroxyl groups is 2. The molecule has 0 aliphatic heterocycles. The van der Waals surface area contributed by atoms with Crippen LogP contribution in [0.3, 0.4) is 0 Å². The third-order valence-electron chi connectivity index (χ3n) is 2.32. The summed E-state index contributed by atoms with van der Waals surface area (Å²) in [6.07, 6.45) is -2.00. The molecule has 84 valence electrons. The summed E-state index contributed by atoms with van der Waals surface area (Å²) in [5, 5.41) is 21.9. The van der Waals surface area contributed by atoms with Gasteiger partial charge in [-0.25, -0.2) is 4.39 Å². The smallest absolute Gasteiger partial charge is 0.126 e. The Morgan fingerprint density at radius 2 is 2.07 bits per heavy atom. The lowest BCUT2D eigenvalue weighted by Crippen LogP contribution is -2.29. The maximum Gasteiger partial charge on any atom is 0.126 e. The molecule has 0 saturated carbocycles. The van der Waals surface area contributed by atoms with Gasteiger partial charge in [0.1, 0.15) is 11.9 Å². The van der Waals surface area contributed by atoms with Crippen molar-refractivity contribution in [3.8, 4) is 0 Å². The van der Waals surface area contributed by atoms with E-state index in [2.05, 4.69) is 5.32 Å². The third kappa shape index (κ3) is 2.99. The summed E-state index contributed by atoms with van der Waals surface area (Å²) in [5.74, 6) is -0.372. The minimum atomic E-state index is -1.06. The van der Waals surface area contributed by atoms with Crippen LogP contribution in [0.15, 0.2) is 18.2 Å². The number of aryl methyl sites for hydroxylation is 1. The molecule has 0 radical (unpaired) electrons. The van der Waals surface area contributed by atoms with Gasteiger partial charge < -0.3 is 15.5 Å². The zero-order valence-electron chi connectivity index (χ0n) is 8.87. The Bertz CT molecular complexity index is 330. The highest BCUT2D eigenvalue weighted by Crippen LogP contribution is 2.19. The second-order valence-electron chi connectivity index (χ2n) is 3.58. The minimum Gasteiger partial charge on any atom is -0.389 e. The molecule has 1 aromatic rings. The molecular weight excluding hydrogens is 197 g/mol. The van der Waals surface area contributed by atoms with Gasteiger partial charge in [-0.05, 0) is 31.2 Å². The number of hydrogen-bond acceptors (Lipinski definition) is 3. The molecule has 0 fully saturated rings. The van der Waals surface area contributed by atoms with Crippen molar-refractivity contribution in [2.24, 2.45) is 0 Å². The van der Waals surface area contributed by atoms with Crippen molar-refractivity contribution in [2.75, 3.05) is 13.6 Å². The van der Waals surface area contributed by atoms with Crippen LogP contribution in [-0.4, -0.2) is 29.9 Å². The zero-order chi connectivity index (χ0) is 11.4. The fraction of sp³-hybridized carbons (Fsp3) is 0.455. The molecule has 0 amide bonds. The fourth-order valence-electron chi connectivity index (χ4n) is 1.34. The van der Waals surface area contributed by atoms with Crippen molar-refractivity contribution in [1.29, 1.82) is 0 Å². The van der Waals surface area contributed by atoms with Crippen molar-refractivity contribution in [1.82, 2.24) is 5.32 Å². The molecule has 1 aromatic carbocycles. The number of hydrogen-bond donors (Lipinski definition) is 3. The van der Waals surface area contributed by atoms with Gasteiger partial charge >= 0.3 is 0 Å². The average molecular weight is 213 g/mol. The van der Waals surface area contributed by atoms with Crippen LogP contribution in [0.25, 0.3) is 0 Å². The lowest BCUT2D eigenvalue weighted by molar-refractivity contribution is 0.0201. The third-order valence-corrected chi connectivity index (χ3v) is 2.32. The first-order valence-electron chi connectivity index (χ1n) is 4.83. The molecule has 0 spiro atoms. The maximum absolute atomic E-state index is 13.2. The van der Waals surface area contributed by atoms with Gasteiger partial charge in [-0.3, -0.25) is 0 Å². The predicted octanol–water partition coefficient (Wildman–Crippen LogP) is 0.748. The van der Waals surface area contributed by atoms with Crippen molar-refractivity contribution in [3.05, 3.63) is 35.1 Å². The zero-order valence-corrected chi connectivity index (χ0v) is 8.87. The van der Waals surface area contributed by atoms with Crippen LogP contribution in [0.5, 0.6) is 0 Å². The molecule has 1 rings (SSSR count). The van der Waals surface area contributed by atoms with Crippen LogP contribution in [-0.2, 0) is 0 Å². The molecule has 0 bridgehead atoms. The fourth-order valence-corrected chi connectivity index (χ4v) is 1.34. The molecule has 2 atom stereocenters. The van der Waals surface area contributed by atoms with E-state index in [1.165, 1.54) is 6.07 Å². The van der Waals surface area contributed by atoms with E-state index in [-0.39, 0.29) is 12.4 Å². The monoisotopic (exact) mass is 213 g/mol. The number of benzene rings is 1. The molecule has 2 unspecified atom stereocenters. The Morgan fingerprint density at radius 1 is 1.40 bits per heavy atom. The van der Waals surface area contributed by atoms with E-state index < -0.39 is 12.2 Å². The molecule has 0 aliphatic carbocycles. The minimum absolute atomic E-state index is 0.261. The summed E-state index contributed by atoms with van der Waals surface area (Å²) >= 11 is 0. The molecule has 3 N–H and O–H groups in total. The van der Waals surface area contributed by atoms with Gasteiger partial charge in [0.25, 0.3) is 0 Å². The highest BCUT2D eigenvalue weighted by atomic mass is 19.1. The lowest BCUT2D eigenvalue weighted by Gasteiger charge is -2.18. The van der Waals surface area contributed by atoms with E-state index in [0.717, 1.165) is 0 Å². The van der Waals surface area contributed by atoms with Crippen molar-refractivity contribution >= 4 is 0 Å². The highest BCUT2D eigenvalue weighted by Gasteiger charge is 2.18. The van der Waals surface area contributed by atoms with Gasteiger partial charge in [-0.1, -0.05) is 12.1 Å². The number of halogens is 1. The Kier molecular flexibility index (Phi) is 4.20. The van der Waals surface area contributed by atoms with E-state index >= 15 is 0 Å². The van der Waals surface area contributed by atoms with E-state index in [1.807, 2.05) is 0 Å². The summed E-state index contributed by atoms with van der Waals surface area (Å²) in [6.45, 7) is 1.91. The van der Waals surface area contributed by atoms with Crippen LogP contribution >= 0.6 is 0 Å². The van der Waals surface area contributed by atoms with Gasteiger partial charge in [0.15, 0.2) is 0 Å². The number of aliphatic hydroxyl groups excluding tert-OH is 2. The van der Waals surface area contributed by atoms with Crippen LogP contribution in [0.4, 0.5) is 4.39 Å². The van der Waals surface area contributed by atoms with E-state index in [4.69, 9.17) is 0 Å². The summed E-state index contributed by atoms with van der Waals surface area (Å²) < 4.78 is 13.2. The van der Waals surface area contributed by atoms with Crippen molar-refractivity contribution in [2.45, 2.75) is 19.1 Å². The first-order chi connectivity index (χ1) is 7.06. The number of rotatable bonds is 4. The van der Waals surface area contributed by atoms with Gasteiger partial charge in [-0.15, -0.1) is 0 Å². The van der Waals surface area contributed by atoms with Crippen molar-refractivity contribution < 1.29 is 14.6 Å². The molecule has 0 aliphatic rings. The summed E-state index contributed by atoms with van der Waals surface area (Å²) in [4.78, 5) is 0. The van der Waals surface area contributed by atoms with Crippen LogP contribution in [0.2, 0.25) is 0 Å². The lowest BCUT2D eigenvalue weighted by atomic mass is 10.0. The van der Waals surface area contributed by atoms with Crippen LogP contribution in [0, 0.1) is 12.7 Å². The molecule has 4 heteroatoms. The van der Waals surface area contributed by atoms with E-state index in [9.17, 15) is 14.6 Å². The first-order valence-corrected chi connectivity index (χ1v) is 4.83. The number of likely N-dealkylation sites (N-methyl/N-ethyl adjacent to an activating group) is 1. The Labute approximate surface area is 88.6 Å². The number of nitrogens with one attached hydrogen (secondary N) is 1. The van der Waals surface area contributed by atoms with E-state index in [1.54, 1.807) is 26.1 Å². The van der Waals surface area contributed by atoms with Crippen LogP contribution < -0.4 is 5.32 Å². The summed E-state index contributed by atoms with van der Waals surface area (Å²) in [7, 11) is 1.67. The van der Waals surface area contributed by atoms with Gasteiger partial charge in [0.2, 0.25) is 0 Å². The standard InChI is InChI=1S/C11H16FNO2/c1-7-3-4-8(5-9(7)12)11(15)10(14)6-13-2/h3-5,10-11,13-15H,6H2,1-2H3. The van der Waals surface area contributed by atoms with Crippen molar-refractivity contribution in [3.63, 3.8) is 0 Å². The molecule has 15 heavy (non-hydrogen) atoms. The second-order valence-corrected chi connectivity index (χ2v) is 3.58. The Morgan fingerprint density at radius 3 is 2.60 bits per heavy atom. The van der Waals surface area contributed by atoms with Gasteiger partial charge in [0, 0.05) is 6.54 Å². The SMILES string of the molecule is CNCC(O)C(O)c1ccc(C)c(F)c1. The van der Waals surface area contributed by atoms with Gasteiger partial charge in [-0.2, -0.15) is 0 Å². The van der Waals surface area contributed by atoms with Crippen LogP contribution in [0.1, 0.15) is 17.2 Å². The van der Waals surface area contributed by atoms with Gasteiger partial charge in [0.05, 0.1) is 6.10 Å². The largest absolute Gasteiger partial charge is 0.389 e. The first kappa shape index (κ1) is 12.1. The molecule has 0 aromatic heterocycles. The predicted molar refractivity (Wildman–Crippen MR) is 56.0 cm³/mol. The maximum atomic E-state index is 13.2. The van der Waals surface area contributed by atoms with E-state index in [0.29, 0.717) is 11.1 Å². The normalized spacial score (nSPS) is 15.0. The summed E-state index contributed by atoms with van der Waals surface area (Å²) in [5.41, 5.74) is 0.912.